The predicted octanol–water partition coefficient (Wildman–Crippen LogP) is 6.14. The van der Waals surface area contributed by atoms with Crippen molar-refractivity contribution in [2.24, 2.45) is 0 Å². The first-order valence-electron chi connectivity index (χ1n) is 11.8. The van der Waals surface area contributed by atoms with Crippen LogP contribution in [0.2, 0.25) is 0 Å². The molecule has 0 aliphatic heterocycles. The molecule has 3 aromatic carbocycles. The molecule has 0 aromatic heterocycles. The summed E-state index contributed by atoms with van der Waals surface area (Å²) in [5.74, 6) is -0.153. The van der Waals surface area contributed by atoms with Crippen LogP contribution in [0.15, 0.2) is 91.0 Å². The highest BCUT2D eigenvalue weighted by molar-refractivity contribution is 5.69. The van der Waals surface area contributed by atoms with Crippen molar-refractivity contribution in [3.8, 4) is 0 Å². The summed E-state index contributed by atoms with van der Waals surface area (Å²) in [6.07, 6.45) is 3.50. The van der Waals surface area contributed by atoms with Crippen molar-refractivity contribution < 1.29 is 19.0 Å². The number of esters is 1. The van der Waals surface area contributed by atoms with Gasteiger partial charge < -0.3 is 14.2 Å². The molecule has 0 N–H and O–H groups in total. The second-order valence-corrected chi connectivity index (χ2v) is 7.92. The summed E-state index contributed by atoms with van der Waals surface area (Å²) in [4.78, 5) is 11.7. The topological polar surface area (TPSA) is 44.8 Å². The molecule has 0 atom stereocenters. The largest absolute Gasteiger partial charge is 0.463 e. The van der Waals surface area contributed by atoms with Crippen molar-refractivity contribution >= 4 is 5.97 Å². The van der Waals surface area contributed by atoms with Crippen molar-refractivity contribution in [3.63, 3.8) is 0 Å². The lowest BCUT2D eigenvalue weighted by atomic mass is 9.80. The highest BCUT2D eigenvalue weighted by Gasteiger charge is 2.37. The van der Waals surface area contributed by atoms with E-state index in [9.17, 15) is 4.79 Å². The molecule has 0 aliphatic carbocycles. The van der Waals surface area contributed by atoms with Gasteiger partial charge in [0.1, 0.15) is 12.2 Å². The molecular formula is C29H34O4. The lowest BCUT2D eigenvalue weighted by Crippen LogP contribution is -2.34. The maximum absolute atomic E-state index is 11.7. The molecule has 0 aliphatic rings. The average Bonchev–Trinajstić information content (AvgIpc) is 2.88. The SMILES string of the molecule is CCCCCC(=O)OCCOCCOC(c1ccccc1)(c1ccccc1)c1ccccc1. The zero-order chi connectivity index (χ0) is 23.2. The molecule has 174 valence electrons. The molecule has 0 spiro atoms. The van der Waals surface area contributed by atoms with Gasteiger partial charge in [-0.15, -0.1) is 0 Å². The Bertz CT molecular complexity index is 829. The Morgan fingerprint density at radius 3 is 1.64 bits per heavy atom. The Morgan fingerprint density at radius 2 is 1.15 bits per heavy atom. The molecule has 33 heavy (non-hydrogen) atoms. The Balaban J connectivity index is 1.65. The molecule has 0 saturated carbocycles. The predicted molar refractivity (Wildman–Crippen MR) is 131 cm³/mol. The number of hydrogen-bond acceptors (Lipinski definition) is 4. The third kappa shape index (κ3) is 7.01. The van der Waals surface area contributed by atoms with E-state index >= 15 is 0 Å². The summed E-state index contributed by atoms with van der Waals surface area (Å²) >= 11 is 0. The summed E-state index contributed by atoms with van der Waals surface area (Å²) in [5.41, 5.74) is 2.43. The van der Waals surface area contributed by atoms with E-state index in [4.69, 9.17) is 14.2 Å². The van der Waals surface area contributed by atoms with E-state index in [-0.39, 0.29) is 12.6 Å². The van der Waals surface area contributed by atoms with Crippen LogP contribution in [0.1, 0.15) is 49.3 Å². The first kappa shape index (κ1) is 24.7. The van der Waals surface area contributed by atoms with Gasteiger partial charge in [-0.3, -0.25) is 4.79 Å². The quantitative estimate of drug-likeness (QED) is 0.170. The number of carbonyl (C=O) groups excluding carboxylic acids is 1. The minimum Gasteiger partial charge on any atom is -0.463 e. The molecule has 4 nitrogen and oxygen atoms in total. The monoisotopic (exact) mass is 446 g/mol. The van der Waals surface area contributed by atoms with Gasteiger partial charge in [-0.05, 0) is 23.1 Å². The summed E-state index contributed by atoms with van der Waals surface area (Å²) in [5, 5.41) is 0. The van der Waals surface area contributed by atoms with Crippen LogP contribution < -0.4 is 0 Å². The first-order valence-corrected chi connectivity index (χ1v) is 11.8. The smallest absolute Gasteiger partial charge is 0.305 e. The van der Waals surface area contributed by atoms with E-state index < -0.39 is 5.60 Å². The number of carbonyl (C=O) groups is 1. The number of benzene rings is 3. The van der Waals surface area contributed by atoms with Gasteiger partial charge in [0.25, 0.3) is 0 Å². The molecule has 0 fully saturated rings. The van der Waals surface area contributed by atoms with E-state index in [1.165, 1.54) is 0 Å². The number of ether oxygens (including phenoxy) is 3. The Hall–Kier alpha value is -2.95. The van der Waals surface area contributed by atoms with Crippen LogP contribution in [0, 0.1) is 0 Å². The van der Waals surface area contributed by atoms with Gasteiger partial charge in [0.2, 0.25) is 0 Å². The average molecular weight is 447 g/mol. The molecule has 0 bridgehead atoms. The summed E-state index contributed by atoms with van der Waals surface area (Å²) in [7, 11) is 0. The van der Waals surface area contributed by atoms with Gasteiger partial charge in [-0.25, -0.2) is 0 Å². The zero-order valence-corrected chi connectivity index (χ0v) is 19.5. The van der Waals surface area contributed by atoms with Gasteiger partial charge >= 0.3 is 5.97 Å². The third-order valence-corrected chi connectivity index (χ3v) is 5.56. The normalized spacial score (nSPS) is 11.3. The number of rotatable bonds is 14. The Morgan fingerprint density at radius 1 is 0.667 bits per heavy atom. The second kappa shape index (κ2) is 13.6. The van der Waals surface area contributed by atoms with E-state index in [0.29, 0.717) is 26.2 Å². The highest BCUT2D eigenvalue weighted by atomic mass is 16.6. The van der Waals surface area contributed by atoms with Crippen LogP contribution in [0.5, 0.6) is 0 Å². The van der Waals surface area contributed by atoms with Crippen LogP contribution in [-0.4, -0.2) is 32.4 Å². The summed E-state index contributed by atoms with van der Waals surface area (Å²) in [6.45, 7) is 3.54. The van der Waals surface area contributed by atoms with E-state index in [1.54, 1.807) is 0 Å². The van der Waals surface area contributed by atoms with E-state index in [2.05, 4.69) is 43.3 Å². The molecule has 0 radical (unpaired) electrons. The second-order valence-electron chi connectivity index (χ2n) is 7.92. The van der Waals surface area contributed by atoms with E-state index in [1.807, 2.05) is 54.6 Å². The molecule has 0 amide bonds. The fourth-order valence-corrected chi connectivity index (χ4v) is 3.93. The minimum atomic E-state index is -0.751. The third-order valence-electron chi connectivity index (χ3n) is 5.56. The van der Waals surface area contributed by atoms with Gasteiger partial charge in [-0.2, -0.15) is 0 Å². The zero-order valence-electron chi connectivity index (χ0n) is 19.5. The summed E-state index contributed by atoms with van der Waals surface area (Å²) in [6, 6.07) is 30.8. The van der Waals surface area contributed by atoms with Gasteiger partial charge in [0.15, 0.2) is 0 Å². The maximum atomic E-state index is 11.7. The first-order chi connectivity index (χ1) is 16.3. The van der Waals surface area contributed by atoms with Crippen molar-refractivity contribution in [2.45, 2.75) is 38.2 Å². The molecule has 0 heterocycles. The maximum Gasteiger partial charge on any atom is 0.305 e. The van der Waals surface area contributed by atoms with Crippen LogP contribution in [-0.2, 0) is 24.6 Å². The van der Waals surface area contributed by atoms with Crippen molar-refractivity contribution in [2.75, 3.05) is 26.4 Å². The molecular weight excluding hydrogens is 412 g/mol. The Kier molecular flexibility index (Phi) is 10.1. The Labute approximate surface area is 197 Å². The van der Waals surface area contributed by atoms with Crippen LogP contribution >= 0.6 is 0 Å². The fourth-order valence-electron chi connectivity index (χ4n) is 3.93. The standard InChI is InChI=1S/C29H34O4/c1-2-3-7-20-28(30)32-23-21-31-22-24-33-29(25-14-8-4-9-15-25,26-16-10-5-11-17-26)27-18-12-6-13-19-27/h4-6,8-19H,2-3,7,20-24H2,1H3. The van der Waals surface area contributed by atoms with Crippen LogP contribution in [0.3, 0.4) is 0 Å². The molecule has 3 rings (SSSR count). The number of hydrogen-bond donors (Lipinski definition) is 0. The minimum absolute atomic E-state index is 0.153. The molecule has 0 unspecified atom stereocenters. The fraction of sp³-hybridized carbons (Fsp3) is 0.345. The van der Waals surface area contributed by atoms with Gasteiger partial charge in [0.05, 0.1) is 19.8 Å². The van der Waals surface area contributed by atoms with Gasteiger partial charge in [-0.1, -0.05) is 111 Å². The lowest BCUT2D eigenvalue weighted by Gasteiger charge is -2.36. The summed E-state index contributed by atoms with van der Waals surface area (Å²) < 4.78 is 17.6. The lowest BCUT2D eigenvalue weighted by molar-refractivity contribution is -0.145. The molecule has 0 saturated heterocycles. The highest BCUT2D eigenvalue weighted by Crippen LogP contribution is 2.40. The van der Waals surface area contributed by atoms with Gasteiger partial charge in [0, 0.05) is 6.42 Å². The van der Waals surface area contributed by atoms with Crippen molar-refractivity contribution in [1.29, 1.82) is 0 Å². The number of unbranched alkanes of at least 4 members (excludes halogenated alkanes) is 2. The van der Waals surface area contributed by atoms with Crippen molar-refractivity contribution in [1.82, 2.24) is 0 Å². The molecule has 4 heteroatoms. The van der Waals surface area contributed by atoms with Crippen molar-refractivity contribution in [3.05, 3.63) is 108 Å². The van der Waals surface area contributed by atoms with E-state index in [0.717, 1.165) is 36.0 Å². The van der Waals surface area contributed by atoms with Crippen LogP contribution in [0.4, 0.5) is 0 Å². The molecule has 3 aromatic rings. The van der Waals surface area contributed by atoms with Crippen LogP contribution in [0.25, 0.3) is 0 Å².